The first kappa shape index (κ1) is 16.5. The molecule has 2 rings (SSSR count). The molecular formula is C17H21NO3S. The maximum absolute atomic E-state index is 12.5. The molecule has 0 aliphatic carbocycles. The average molecular weight is 319 g/mol. The Labute approximate surface area is 133 Å². The molecule has 0 fully saturated rings. The van der Waals surface area contributed by atoms with E-state index in [1.165, 1.54) is 0 Å². The molecule has 2 aromatic rings. The zero-order chi connectivity index (χ0) is 16.1. The largest absolute Gasteiger partial charge is 0.496 e. The number of hydrogen-bond acceptors (Lipinski definition) is 4. The van der Waals surface area contributed by atoms with Crippen LogP contribution in [-0.2, 0) is 22.3 Å². The topological polar surface area (TPSA) is 48.4 Å². The highest BCUT2D eigenvalue weighted by molar-refractivity contribution is 7.83. The van der Waals surface area contributed by atoms with Gasteiger partial charge in [0.25, 0.3) is 0 Å². The third-order valence-corrected chi connectivity index (χ3v) is 4.78. The summed E-state index contributed by atoms with van der Waals surface area (Å²) >= 11 is 0. The number of methoxy groups -OCH3 is 2. The van der Waals surface area contributed by atoms with Gasteiger partial charge in [0.2, 0.25) is 0 Å². The predicted molar refractivity (Wildman–Crippen MR) is 88.8 cm³/mol. The lowest BCUT2D eigenvalue weighted by molar-refractivity contribution is 0.407. The van der Waals surface area contributed by atoms with E-state index in [1.807, 2.05) is 38.1 Å². The van der Waals surface area contributed by atoms with Crippen molar-refractivity contribution >= 4 is 10.8 Å². The van der Waals surface area contributed by atoms with Crippen molar-refractivity contribution in [3.63, 3.8) is 0 Å². The van der Waals surface area contributed by atoms with Gasteiger partial charge in [-0.3, -0.25) is 9.19 Å². The summed E-state index contributed by atoms with van der Waals surface area (Å²) in [5, 5.41) is 0. The maximum atomic E-state index is 12.5. The normalized spacial score (nSPS) is 12.0. The summed E-state index contributed by atoms with van der Waals surface area (Å²) < 4.78 is 23.2. The molecule has 22 heavy (non-hydrogen) atoms. The van der Waals surface area contributed by atoms with E-state index >= 15 is 0 Å². The maximum Gasteiger partial charge on any atom is 0.128 e. The second kappa shape index (κ2) is 7.40. The van der Waals surface area contributed by atoms with Crippen molar-refractivity contribution in [1.29, 1.82) is 0 Å². The van der Waals surface area contributed by atoms with Crippen LogP contribution in [0.4, 0.5) is 0 Å². The van der Waals surface area contributed by atoms with Crippen molar-refractivity contribution < 1.29 is 13.7 Å². The molecule has 1 heterocycles. The molecule has 0 amide bonds. The molecule has 1 aromatic carbocycles. The van der Waals surface area contributed by atoms with Crippen molar-refractivity contribution in [3.8, 4) is 11.5 Å². The van der Waals surface area contributed by atoms with Gasteiger partial charge in [0, 0.05) is 33.7 Å². The monoisotopic (exact) mass is 319 g/mol. The van der Waals surface area contributed by atoms with Gasteiger partial charge >= 0.3 is 0 Å². The first-order valence-electron chi connectivity index (χ1n) is 7.02. The number of hydrogen-bond donors (Lipinski definition) is 0. The molecule has 0 radical (unpaired) electrons. The molecule has 0 N–H and O–H groups in total. The molecule has 1 aromatic heterocycles. The smallest absolute Gasteiger partial charge is 0.128 e. The van der Waals surface area contributed by atoms with Crippen LogP contribution in [-0.4, -0.2) is 23.4 Å². The quantitative estimate of drug-likeness (QED) is 0.820. The Morgan fingerprint density at radius 1 is 1.09 bits per heavy atom. The Morgan fingerprint density at radius 3 is 2.50 bits per heavy atom. The molecule has 0 spiro atoms. The molecular weight excluding hydrogens is 298 g/mol. The van der Waals surface area contributed by atoms with Gasteiger partial charge in [-0.2, -0.15) is 0 Å². The number of rotatable bonds is 6. The van der Waals surface area contributed by atoms with E-state index in [1.54, 1.807) is 20.4 Å². The molecule has 4 nitrogen and oxygen atoms in total. The number of aromatic nitrogens is 1. The van der Waals surface area contributed by atoms with Crippen LogP contribution >= 0.6 is 0 Å². The molecule has 118 valence electrons. The fourth-order valence-corrected chi connectivity index (χ4v) is 3.70. The van der Waals surface area contributed by atoms with Crippen molar-refractivity contribution in [2.24, 2.45) is 0 Å². The Kier molecular flexibility index (Phi) is 5.55. The van der Waals surface area contributed by atoms with Crippen molar-refractivity contribution in [2.75, 3.05) is 14.2 Å². The number of nitrogens with zero attached hydrogens (tertiary/aromatic N) is 1. The number of pyridine rings is 1. The summed E-state index contributed by atoms with van der Waals surface area (Å²) in [6.45, 7) is 3.91. The van der Waals surface area contributed by atoms with Gasteiger partial charge in [-0.1, -0.05) is 18.2 Å². The van der Waals surface area contributed by atoms with Crippen molar-refractivity contribution in [2.45, 2.75) is 25.4 Å². The molecule has 0 saturated carbocycles. The summed E-state index contributed by atoms with van der Waals surface area (Å²) in [5.41, 5.74) is 3.70. The first-order valence-corrected chi connectivity index (χ1v) is 8.51. The van der Waals surface area contributed by atoms with Crippen molar-refractivity contribution in [3.05, 3.63) is 52.8 Å². The SMILES string of the molecule is COc1ccccc1C[S@@](=O)Cc1ncc(C)c(OC)c1C. The van der Waals surface area contributed by atoms with Gasteiger partial charge < -0.3 is 9.47 Å². The molecule has 0 aliphatic rings. The van der Waals surface area contributed by atoms with E-state index in [0.29, 0.717) is 11.5 Å². The number of ether oxygens (including phenoxy) is 2. The zero-order valence-electron chi connectivity index (χ0n) is 13.4. The van der Waals surface area contributed by atoms with Crippen LogP contribution in [0.15, 0.2) is 30.5 Å². The first-order chi connectivity index (χ1) is 10.6. The standard InChI is InChI=1S/C17H21NO3S/c1-12-9-18-15(13(2)17(12)21-4)11-22(19)10-14-7-5-6-8-16(14)20-3/h5-9H,10-11H2,1-4H3/t22-/m1/s1. The number of para-hydroxylation sites is 1. The Morgan fingerprint density at radius 2 is 1.82 bits per heavy atom. The fraction of sp³-hybridized carbons (Fsp3) is 0.353. The van der Waals surface area contributed by atoms with Crippen LogP contribution < -0.4 is 9.47 Å². The Hall–Kier alpha value is -1.88. The van der Waals surface area contributed by atoms with Crippen LogP contribution in [0.25, 0.3) is 0 Å². The van der Waals surface area contributed by atoms with E-state index in [-0.39, 0.29) is 0 Å². The van der Waals surface area contributed by atoms with Crippen LogP contribution in [0, 0.1) is 13.8 Å². The van der Waals surface area contributed by atoms with Crippen molar-refractivity contribution in [1.82, 2.24) is 4.98 Å². The summed E-state index contributed by atoms with van der Waals surface area (Å²) in [7, 11) is 2.21. The highest BCUT2D eigenvalue weighted by Crippen LogP contribution is 2.26. The number of benzene rings is 1. The van der Waals surface area contributed by atoms with E-state index in [0.717, 1.165) is 33.9 Å². The summed E-state index contributed by atoms with van der Waals surface area (Å²) in [6.07, 6.45) is 1.77. The summed E-state index contributed by atoms with van der Waals surface area (Å²) in [4.78, 5) is 4.41. The lowest BCUT2D eigenvalue weighted by Crippen LogP contribution is -2.06. The minimum atomic E-state index is -1.06. The Bertz CT molecular complexity index is 686. The van der Waals surface area contributed by atoms with Gasteiger partial charge in [-0.15, -0.1) is 0 Å². The summed E-state index contributed by atoms with van der Waals surface area (Å²) in [6, 6.07) is 7.65. The van der Waals surface area contributed by atoms with E-state index in [9.17, 15) is 4.21 Å². The lowest BCUT2D eigenvalue weighted by atomic mass is 10.1. The van der Waals surface area contributed by atoms with E-state index < -0.39 is 10.8 Å². The van der Waals surface area contributed by atoms with Crippen LogP contribution in [0.3, 0.4) is 0 Å². The van der Waals surface area contributed by atoms with Crippen LogP contribution in [0.5, 0.6) is 11.5 Å². The van der Waals surface area contributed by atoms with Gasteiger partial charge in [-0.25, -0.2) is 0 Å². The highest BCUT2D eigenvalue weighted by atomic mass is 32.2. The molecule has 0 bridgehead atoms. The van der Waals surface area contributed by atoms with Gasteiger partial charge in [0.15, 0.2) is 0 Å². The van der Waals surface area contributed by atoms with Gasteiger partial charge in [0.05, 0.1) is 31.4 Å². The minimum absolute atomic E-state index is 0.403. The van der Waals surface area contributed by atoms with E-state index in [4.69, 9.17) is 9.47 Å². The van der Waals surface area contributed by atoms with Crippen LogP contribution in [0.1, 0.15) is 22.4 Å². The molecule has 0 unspecified atom stereocenters. The number of aryl methyl sites for hydroxylation is 1. The predicted octanol–water partition coefficient (Wildman–Crippen LogP) is 3.16. The average Bonchev–Trinajstić information content (AvgIpc) is 2.51. The second-order valence-corrected chi connectivity index (χ2v) is 6.54. The van der Waals surface area contributed by atoms with E-state index in [2.05, 4.69) is 4.98 Å². The summed E-state index contributed by atoms with van der Waals surface area (Å²) in [5.74, 6) is 2.43. The zero-order valence-corrected chi connectivity index (χ0v) is 14.2. The molecule has 1 atom stereocenters. The molecule has 0 saturated heterocycles. The third kappa shape index (κ3) is 3.65. The second-order valence-electron chi connectivity index (χ2n) is 5.09. The minimum Gasteiger partial charge on any atom is -0.496 e. The highest BCUT2D eigenvalue weighted by Gasteiger charge is 2.13. The Balaban J connectivity index is 2.16. The van der Waals surface area contributed by atoms with Gasteiger partial charge in [0.1, 0.15) is 11.5 Å². The fourth-order valence-electron chi connectivity index (χ4n) is 2.42. The molecule has 5 heteroatoms. The van der Waals surface area contributed by atoms with Gasteiger partial charge in [-0.05, 0) is 19.9 Å². The third-order valence-electron chi connectivity index (χ3n) is 3.56. The molecule has 0 aliphatic heterocycles. The van der Waals surface area contributed by atoms with Crippen LogP contribution in [0.2, 0.25) is 0 Å². The lowest BCUT2D eigenvalue weighted by Gasteiger charge is -2.12.